The largest absolute Gasteiger partial charge is 0.444 e. The average molecular weight is 1090 g/mol. The van der Waals surface area contributed by atoms with Crippen LogP contribution < -0.4 is 16.0 Å². The minimum atomic E-state index is -0.459. The number of ketones is 1. The van der Waals surface area contributed by atoms with Gasteiger partial charge in [-0.1, -0.05) is 172 Å². The number of rotatable bonds is 19. The summed E-state index contributed by atoms with van der Waals surface area (Å²) < 4.78 is 10.8. The first-order valence-corrected chi connectivity index (χ1v) is 29.5. The van der Waals surface area contributed by atoms with Crippen molar-refractivity contribution in [2.24, 2.45) is 23.7 Å². The smallest absolute Gasteiger partial charge is 0.408 e. The van der Waals surface area contributed by atoms with Crippen LogP contribution in [0.3, 0.4) is 0 Å². The highest BCUT2D eigenvalue weighted by Gasteiger charge is 2.43. The number of nitrogens with zero attached hydrogens (tertiary/aromatic N) is 2. The molecule has 0 bridgehead atoms. The maximum Gasteiger partial charge on any atom is 0.408 e. The Hall–Kier alpha value is -6.63. The zero-order valence-corrected chi connectivity index (χ0v) is 48.7. The zero-order chi connectivity index (χ0) is 57.0. The Bertz CT molecular complexity index is 2690. The topological polar surface area (TPSA) is 146 Å². The molecule has 80 heavy (non-hydrogen) atoms. The fourth-order valence-electron chi connectivity index (χ4n) is 11.9. The fraction of sp³-hybridized carbons (Fsp3) is 0.485. The van der Waals surface area contributed by atoms with E-state index >= 15 is 0 Å². The average Bonchev–Trinajstić information content (AvgIpc) is 4.34. The molecule has 2 aliphatic carbocycles. The standard InChI is InChI=1S/C31H41N3O2.C23H27NO3.C14H21NO2/c1-21-10-9-11-22(2)29(21)31(36)34-19-26-17-33(18-27(26)20-34)23(3)16-28(24-12-5-4-6-13-24)32-30(35)25-14-7-8-15-25;25-21(17-27-16-18-9-3-1-4-10-18)15-22(19-11-5-2-6-12-19)24-23(26)20-13-7-8-14-20;1-5-12(11-9-7-6-8-10-11)15-13(16)17-14(2,3)4/h4-6,9-13,23,25-28H,7-8,14-20H2,1-3H3,(H,32,35);1-6,9-12,20,22H,7-8,13-17H2,(H,24,26);6-10,12H,5H2,1-4H3,(H,15,16)/t23?,26?,27?,28-;22-;12-/m000/s1. The Morgan fingerprint density at radius 1 is 0.575 bits per heavy atom. The van der Waals surface area contributed by atoms with Crippen molar-refractivity contribution in [1.82, 2.24) is 25.8 Å². The van der Waals surface area contributed by atoms with Gasteiger partial charge < -0.3 is 30.3 Å². The van der Waals surface area contributed by atoms with E-state index in [1.807, 2.05) is 157 Å². The second-order valence-electron chi connectivity index (χ2n) is 23.7. The second kappa shape index (κ2) is 30.3. The Morgan fingerprint density at radius 2 is 1.02 bits per heavy atom. The molecule has 5 aromatic carbocycles. The number of nitrogens with one attached hydrogen (secondary N) is 3. The van der Waals surface area contributed by atoms with Crippen molar-refractivity contribution in [3.05, 3.63) is 178 Å². The van der Waals surface area contributed by atoms with Gasteiger partial charge in [-0.2, -0.15) is 0 Å². The number of alkyl carbamates (subject to hydrolysis) is 1. The van der Waals surface area contributed by atoms with Crippen LogP contribution in [0, 0.1) is 37.5 Å². The van der Waals surface area contributed by atoms with Crippen molar-refractivity contribution in [3.63, 3.8) is 0 Å². The quantitative estimate of drug-likeness (QED) is 0.0741. The van der Waals surface area contributed by atoms with Crippen molar-refractivity contribution in [1.29, 1.82) is 0 Å². The summed E-state index contributed by atoms with van der Waals surface area (Å²) in [5.41, 5.74) is 6.85. The van der Waals surface area contributed by atoms with Gasteiger partial charge in [0.05, 0.1) is 24.7 Å². The molecule has 2 aliphatic heterocycles. The van der Waals surface area contributed by atoms with Crippen molar-refractivity contribution >= 4 is 29.6 Å². The minimum absolute atomic E-state index is 0.00560. The number of hydrogen-bond donors (Lipinski definition) is 3. The maximum atomic E-state index is 13.3. The molecule has 0 aromatic heterocycles. The van der Waals surface area contributed by atoms with Gasteiger partial charge in [0.25, 0.3) is 5.91 Å². The molecule has 3 unspecified atom stereocenters. The Balaban J connectivity index is 0.000000186. The fourth-order valence-corrected chi connectivity index (χ4v) is 11.9. The van der Waals surface area contributed by atoms with Gasteiger partial charge in [0.2, 0.25) is 11.8 Å². The molecule has 12 heteroatoms. The number of fused-ring (bicyclic) bond motifs is 1. The number of ether oxygens (including phenoxy) is 2. The van der Waals surface area contributed by atoms with Crippen LogP contribution in [-0.4, -0.2) is 83.8 Å². The van der Waals surface area contributed by atoms with Crippen LogP contribution in [0.1, 0.15) is 167 Å². The van der Waals surface area contributed by atoms with E-state index in [1.54, 1.807) is 0 Å². The lowest BCUT2D eigenvalue weighted by Crippen LogP contribution is -2.40. The predicted octanol–water partition coefficient (Wildman–Crippen LogP) is 13.0. The SMILES string of the molecule is CC[C@H](NC(=O)OC(C)(C)C)c1ccccc1.Cc1cccc(C)c1C(=O)N1CC2CN(C(C)C[C@H](NC(=O)C3CCCC3)c3ccccc3)CC2C1.O=C(COCc1ccccc1)C[C@H](NC(=O)C1CCCC1)c1ccccc1. The van der Waals surface area contributed by atoms with Crippen LogP contribution >= 0.6 is 0 Å². The number of aryl methyl sites for hydroxylation is 2. The molecule has 2 saturated carbocycles. The van der Waals surface area contributed by atoms with Gasteiger partial charge in [-0.25, -0.2) is 4.79 Å². The molecular formula is C68H89N5O7. The number of carbonyl (C=O) groups excluding carboxylic acids is 5. The highest BCUT2D eigenvalue weighted by molar-refractivity contribution is 5.97. The molecule has 2 heterocycles. The van der Waals surface area contributed by atoms with E-state index in [2.05, 4.69) is 56.9 Å². The summed E-state index contributed by atoms with van der Waals surface area (Å²) >= 11 is 0. The summed E-state index contributed by atoms with van der Waals surface area (Å²) in [5.74, 6) is 1.81. The number of carbonyl (C=O) groups is 5. The van der Waals surface area contributed by atoms with E-state index in [0.29, 0.717) is 24.5 Å². The second-order valence-corrected chi connectivity index (χ2v) is 23.7. The normalized spacial score (nSPS) is 18.8. The first-order valence-electron chi connectivity index (χ1n) is 29.5. The summed E-state index contributed by atoms with van der Waals surface area (Å²) in [6, 6.07) is 46.1. The summed E-state index contributed by atoms with van der Waals surface area (Å²) in [6.07, 6.45) is 10.1. The molecule has 4 fully saturated rings. The summed E-state index contributed by atoms with van der Waals surface area (Å²) in [7, 11) is 0. The number of amides is 4. The van der Waals surface area contributed by atoms with Crippen molar-refractivity contribution in [2.45, 2.75) is 155 Å². The Morgan fingerprint density at radius 3 is 1.50 bits per heavy atom. The first kappa shape index (κ1) is 61.0. The molecule has 0 radical (unpaired) electrons. The third-order valence-corrected chi connectivity index (χ3v) is 16.3. The highest BCUT2D eigenvalue weighted by Crippen LogP contribution is 2.36. The highest BCUT2D eigenvalue weighted by atomic mass is 16.6. The van der Waals surface area contributed by atoms with Gasteiger partial charge in [-0.3, -0.25) is 24.1 Å². The van der Waals surface area contributed by atoms with Crippen molar-refractivity contribution in [3.8, 4) is 0 Å². The van der Waals surface area contributed by atoms with Crippen molar-refractivity contribution < 1.29 is 33.4 Å². The predicted molar refractivity (Wildman–Crippen MR) is 318 cm³/mol. The maximum absolute atomic E-state index is 13.3. The van der Waals surface area contributed by atoms with Crippen molar-refractivity contribution in [2.75, 3.05) is 32.8 Å². The van der Waals surface area contributed by atoms with Gasteiger partial charge in [0.1, 0.15) is 12.2 Å². The van der Waals surface area contributed by atoms with Gasteiger partial charge in [-0.15, -0.1) is 0 Å². The molecule has 12 nitrogen and oxygen atoms in total. The molecule has 6 atom stereocenters. The number of benzene rings is 5. The summed E-state index contributed by atoms with van der Waals surface area (Å²) in [6.45, 7) is 18.2. The molecule has 3 N–H and O–H groups in total. The monoisotopic (exact) mass is 1090 g/mol. The molecule has 0 spiro atoms. The molecule has 5 aromatic rings. The van der Waals surface area contributed by atoms with Crippen LogP contribution in [0.15, 0.2) is 140 Å². The van der Waals surface area contributed by atoms with Crippen LogP contribution in [0.5, 0.6) is 0 Å². The zero-order valence-electron chi connectivity index (χ0n) is 48.7. The summed E-state index contributed by atoms with van der Waals surface area (Å²) in [4.78, 5) is 67.7. The number of likely N-dealkylation sites (tertiary alicyclic amines) is 2. The van der Waals surface area contributed by atoms with Gasteiger partial charge in [0, 0.05) is 56.0 Å². The third-order valence-electron chi connectivity index (χ3n) is 16.3. The van der Waals surface area contributed by atoms with Gasteiger partial charge in [-0.05, 0) is 125 Å². The van der Waals surface area contributed by atoms with E-state index in [-0.39, 0.29) is 72.6 Å². The van der Waals surface area contributed by atoms with Gasteiger partial charge >= 0.3 is 6.09 Å². The first-order chi connectivity index (χ1) is 38.5. The molecule has 428 valence electrons. The number of Topliss-reactive ketones (excluding diaryl/α,β-unsaturated/α-hetero) is 1. The van der Waals surface area contributed by atoms with Crippen LogP contribution in [0.25, 0.3) is 0 Å². The number of hydrogen-bond acceptors (Lipinski definition) is 8. The molecule has 4 amide bonds. The Kier molecular flexibility index (Phi) is 23.1. The van der Waals surface area contributed by atoms with E-state index in [1.165, 1.54) is 18.4 Å². The van der Waals surface area contributed by atoms with Crippen LogP contribution in [0.2, 0.25) is 0 Å². The lowest BCUT2D eigenvalue weighted by Gasteiger charge is -2.31. The summed E-state index contributed by atoms with van der Waals surface area (Å²) in [5, 5.41) is 9.39. The Labute approximate surface area is 477 Å². The van der Waals surface area contributed by atoms with Crippen LogP contribution in [0.4, 0.5) is 4.79 Å². The van der Waals surface area contributed by atoms with Gasteiger partial charge in [0.15, 0.2) is 5.78 Å². The molecule has 4 aliphatic rings. The lowest BCUT2D eigenvalue weighted by molar-refractivity contribution is -0.127. The molecule has 2 saturated heterocycles. The van der Waals surface area contributed by atoms with E-state index in [0.717, 1.165) is 111 Å². The molecule has 9 rings (SSSR count). The lowest BCUT2D eigenvalue weighted by atomic mass is 9.97. The minimum Gasteiger partial charge on any atom is -0.444 e. The van der Waals surface area contributed by atoms with E-state index in [9.17, 15) is 24.0 Å². The van der Waals surface area contributed by atoms with Crippen LogP contribution in [-0.2, 0) is 30.5 Å². The third kappa shape index (κ3) is 18.5. The van der Waals surface area contributed by atoms with E-state index < -0.39 is 5.60 Å². The van der Waals surface area contributed by atoms with E-state index in [4.69, 9.17) is 9.47 Å². The molecular weight excluding hydrogens is 999 g/mol.